The highest BCUT2D eigenvalue weighted by Gasteiger charge is 2.29. The zero-order valence-corrected chi connectivity index (χ0v) is 16.1. The third-order valence-electron chi connectivity index (χ3n) is 3.79. The Kier molecular flexibility index (Phi) is 7.28. The highest BCUT2D eigenvalue weighted by atomic mass is 32.2. The van der Waals surface area contributed by atoms with E-state index in [9.17, 15) is 21.6 Å². The maximum Gasteiger partial charge on any atom is 0.416 e. The van der Waals surface area contributed by atoms with Gasteiger partial charge >= 0.3 is 6.18 Å². The fraction of sp³-hybridized carbons (Fsp3) is 0.227. The molecular weight excluding hydrogens is 385 g/mol. The number of allylic oxidation sites excluding steroid dienone is 1. The molecule has 0 fully saturated rings. The van der Waals surface area contributed by atoms with Gasteiger partial charge in [0.05, 0.1) is 15.9 Å². The minimum absolute atomic E-state index is 0.224. The van der Waals surface area contributed by atoms with Crippen LogP contribution in [0.3, 0.4) is 0 Å². The molecular formula is C22H19F3O2S. The van der Waals surface area contributed by atoms with Gasteiger partial charge in [0, 0.05) is 12.0 Å². The van der Waals surface area contributed by atoms with Crippen molar-refractivity contribution in [1.82, 2.24) is 0 Å². The Balaban J connectivity index is 1.82. The van der Waals surface area contributed by atoms with Crippen LogP contribution >= 0.6 is 0 Å². The Morgan fingerprint density at radius 3 is 2.25 bits per heavy atom. The molecule has 0 heterocycles. The Bertz CT molecular complexity index is 1010. The smallest absolute Gasteiger partial charge is 0.218 e. The van der Waals surface area contributed by atoms with Crippen LogP contribution < -0.4 is 0 Å². The SMILES string of the molecule is Cc1ccc(S(=O)(=O)C=C=CCCCC#Cc2ccc(C(F)(F)F)cc2)cc1. The standard InChI is InChI=1S/C22H19F3O2S/c1-18-9-15-21(16-10-18)28(26,27)17-7-5-3-2-4-6-8-19-11-13-20(14-12-19)22(23,24)25/h5,9-17H,2-4H2,1H3. The Morgan fingerprint density at radius 2 is 1.64 bits per heavy atom. The highest BCUT2D eigenvalue weighted by molar-refractivity contribution is 7.94. The van der Waals surface area contributed by atoms with Crippen molar-refractivity contribution in [3.63, 3.8) is 0 Å². The molecule has 2 nitrogen and oxygen atoms in total. The van der Waals surface area contributed by atoms with E-state index in [1.165, 1.54) is 12.1 Å². The topological polar surface area (TPSA) is 34.1 Å². The van der Waals surface area contributed by atoms with Gasteiger partial charge in [0.1, 0.15) is 0 Å². The Morgan fingerprint density at radius 1 is 1.00 bits per heavy atom. The van der Waals surface area contributed by atoms with Gasteiger partial charge in [-0.3, -0.25) is 0 Å². The average molecular weight is 404 g/mol. The molecule has 0 saturated heterocycles. The van der Waals surface area contributed by atoms with E-state index < -0.39 is 21.6 Å². The van der Waals surface area contributed by atoms with Crippen molar-refractivity contribution in [1.29, 1.82) is 0 Å². The van der Waals surface area contributed by atoms with Gasteiger partial charge in [-0.2, -0.15) is 13.2 Å². The lowest BCUT2D eigenvalue weighted by atomic mass is 10.1. The number of aryl methyl sites for hydroxylation is 1. The van der Waals surface area contributed by atoms with Crippen LogP contribution in [0.5, 0.6) is 0 Å². The van der Waals surface area contributed by atoms with Crippen LogP contribution in [0.2, 0.25) is 0 Å². The first-order chi connectivity index (χ1) is 13.2. The van der Waals surface area contributed by atoms with Gasteiger partial charge in [-0.05, 0) is 62.2 Å². The van der Waals surface area contributed by atoms with Crippen LogP contribution in [0.1, 0.15) is 36.0 Å². The summed E-state index contributed by atoms with van der Waals surface area (Å²) in [6.07, 6.45) is -0.880. The fourth-order valence-corrected chi connectivity index (χ4v) is 3.14. The summed E-state index contributed by atoms with van der Waals surface area (Å²) in [5.74, 6) is 5.70. The molecule has 6 heteroatoms. The van der Waals surface area contributed by atoms with Crippen LogP contribution in [0, 0.1) is 18.8 Å². The number of halogens is 3. The largest absolute Gasteiger partial charge is 0.416 e. The molecule has 0 aromatic heterocycles. The predicted molar refractivity (Wildman–Crippen MR) is 103 cm³/mol. The normalized spacial score (nSPS) is 11.1. The molecule has 0 amide bonds. The van der Waals surface area contributed by atoms with E-state index in [1.54, 1.807) is 30.3 Å². The molecule has 0 bridgehead atoms. The van der Waals surface area contributed by atoms with Crippen molar-refractivity contribution in [2.24, 2.45) is 0 Å². The first-order valence-corrected chi connectivity index (χ1v) is 10.1. The summed E-state index contributed by atoms with van der Waals surface area (Å²) in [4.78, 5) is 0.224. The number of hydrogen-bond donors (Lipinski definition) is 0. The van der Waals surface area contributed by atoms with Crippen molar-refractivity contribution >= 4 is 9.84 Å². The molecule has 0 atom stereocenters. The van der Waals surface area contributed by atoms with E-state index in [4.69, 9.17) is 0 Å². The quantitative estimate of drug-likeness (QED) is 0.365. The van der Waals surface area contributed by atoms with E-state index >= 15 is 0 Å². The third-order valence-corrected chi connectivity index (χ3v) is 5.16. The molecule has 0 saturated carbocycles. The van der Waals surface area contributed by atoms with Crippen molar-refractivity contribution < 1.29 is 21.6 Å². The van der Waals surface area contributed by atoms with Gasteiger partial charge in [-0.1, -0.05) is 29.5 Å². The summed E-state index contributed by atoms with van der Waals surface area (Å²) in [7, 11) is -3.50. The molecule has 0 spiro atoms. The first-order valence-electron chi connectivity index (χ1n) is 8.57. The molecule has 2 rings (SSSR count). The third kappa shape index (κ3) is 6.77. The first kappa shape index (κ1) is 21.6. The minimum atomic E-state index is -4.35. The monoisotopic (exact) mass is 404 g/mol. The predicted octanol–water partition coefficient (Wildman–Crippen LogP) is 5.68. The number of alkyl halides is 3. The van der Waals surface area contributed by atoms with Crippen LogP contribution in [0.25, 0.3) is 0 Å². The van der Waals surface area contributed by atoms with E-state index in [2.05, 4.69) is 17.6 Å². The molecule has 0 aliphatic carbocycles. The van der Waals surface area contributed by atoms with Gasteiger partial charge in [0.15, 0.2) is 0 Å². The average Bonchev–Trinajstić information content (AvgIpc) is 2.64. The van der Waals surface area contributed by atoms with Crippen molar-refractivity contribution in [2.45, 2.75) is 37.3 Å². The van der Waals surface area contributed by atoms with Crippen molar-refractivity contribution in [2.75, 3.05) is 0 Å². The lowest BCUT2D eigenvalue weighted by Crippen LogP contribution is -2.04. The molecule has 2 aromatic rings. The minimum Gasteiger partial charge on any atom is -0.218 e. The molecule has 2 aromatic carbocycles. The maximum absolute atomic E-state index is 12.5. The van der Waals surface area contributed by atoms with Crippen LogP contribution in [0.4, 0.5) is 13.2 Å². The second-order valence-corrected chi connectivity index (χ2v) is 7.91. The summed E-state index contributed by atoms with van der Waals surface area (Å²) in [6, 6.07) is 11.3. The van der Waals surface area contributed by atoms with Gasteiger partial charge in [0.25, 0.3) is 0 Å². The fourth-order valence-electron chi connectivity index (χ4n) is 2.22. The van der Waals surface area contributed by atoms with Gasteiger partial charge in [0.2, 0.25) is 9.84 Å². The zero-order valence-electron chi connectivity index (χ0n) is 15.3. The lowest BCUT2D eigenvalue weighted by molar-refractivity contribution is -0.137. The molecule has 0 unspecified atom stereocenters. The number of sulfone groups is 1. The number of unbranched alkanes of at least 4 members (excludes halogenated alkanes) is 2. The molecule has 0 aliphatic rings. The second kappa shape index (κ2) is 9.45. The molecule has 146 valence electrons. The van der Waals surface area contributed by atoms with Crippen molar-refractivity contribution in [3.8, 4) is 11.8 Å². The van der Waals surface area contributed by atoms with Crippen molar-refractivity contribution in [3.05, 3.63) is 82.4 Å². The Labute approximate surface area is 163 Å². The maximum atomic E-state index is 12.5. The Hall–Kier alpha value is -2.74. The summed E-state index contributed by atoms with van der Waals surface area (Å²) < 4.78 is 61.6. The van der Waals surface area contributed by atoms with Crippen LogP contribution in [0.15, 0.2) is 70.6 Å². The lowest BCUT2D eigenvalue weighted by Gasteiger charge is -2.05. The second-order valence-electron chi connectivity index (χ2n) is 6.12. The number of hydrogen-bond acceptors (Lipinski definition) is 2. The summed E-state index contributed by atoms with van der Waals surface area (Å²) in [5.41, 5.74) is 3.48. The number of benzene rings is 2. The summed E-state index contributed by atoms with van der Waals surface area (Å²) in [6.45, 7) is 1.88. The molecule has 0 aliphatic heterocycles. The van der Waals surface area contributed by atoms with E-state index in [1.807, 2.05) is 6.92 Å². The number of rotatable bonds is 5. The van der Waals surface area contributed by atoms with Crippen LogP contribution in [-0.2, 0) is 16.0 Å². The van der Waals surface area contributed by atoms with E-state index in [0.717, 1.165) is 23.1 Å². The summed E-state index contributed by atoms with van der Waals surface area (Å²) >= 11 is 0. The molecule has 0 radical (unpaired) electrons. The van der Waals surface area contributed by atoms with E-state index in [0.29, 0.717) is 24.8 Å². The zero-order chi connectivity index (χ0) is 20.6. The van der Waals surface area contributed by atoms with Gasteiger partial charge in [-0.25, -0.2) is 8.42 Å². The van der Waals surface area contributed by atoms with Gasteiger partial charge in [-0.15, -0.1) is 5.73 Å². The molecule has 0 N–H and O–H groups in total. The van der Waals surface area contributed by atoms with Gasteiger partial charge < -0.3 is 0 Å². The summed E-state index contributed by atoms with van der Waals surface area (Å²) in [5, 5.41) is 1.05. The van der Waals surface area contributed by atoms with Crippen LogP contribution in [-0.4, -0.2) is 8.42 Å². The van der Waals surface area contributed by atoms with E-state index in [-0.39, 0.29) is 4.90 Å². The molecule has 28 heavy (non-hydrogen) atoms. The highest BCUT2D eigenvalue weighted by Crippen LogP contribution is 2.28.